The van der Waals surface area contributed by atoms with Gasteiger partial charge in [-0.1, -0.05) is 0 Å². The van der Waals surface area contributed by atoms with Crippen LogP contribution in [0.1, 0.15) is 18.6 Å². The van der Waals surface area contributed by atoms with Crippen molar-refractivity contribution in [3.63, 3.8) is 0 Å². The number of H-pyrrole nitrogens is 1. The lowest BCUT2D eigenvalue weighted by Gasteiger charge is -2.18. The molecule has 0 spiro atoms. The maximum Gasteiger partial charge on any atom is 0.250 e. The quantitative estimate of drug-likeness (QED) is 0.852. The number of nitrogens with one attached hydrogen (secondary N) is 1. The molecule has 0 saturated heterocycles. The summed E-state index contributed by atoms with van der Waals surface area (Å²) < 4.78 is 5.42. The summed E-state index contributed by atoms with van der Waals surface area (Å²) >= 11 is 0. The second-order valence-electron chi connectivity index (χ2n) is 4.60. The highest BCUT2D eigenvalue weighted by Gasteiger charge is 2.08. The first-order valence-corrected chi connectivity index (χ1v) is 6.82. The molecule has 0 bridgehead atoms. The van der Waals surface area contributed by atoms with E-state index in [1.54, 1.807) is 6.07 Å². The van der Waals surface area contributed by atoms with Crippen molar-refractivity contribution < 1.29 is 4.74 Å². The molecule has 2 aromatic rings. The average Bonchev–Trinajstić information content (AvgIpc) is 2.44. The van der Waals surface area contributed by atoms with Gasteiger partial charge in [0.1, 0.15) is 17.5 Å². The zero-order valence-electron chi connectivity index (χ0n) is 12.5. The summed E-state index contributed by atoms with van der Waals surface area (Å²) in [6.07, 6.45) is 2.13. The third-order valence-electron chi connectivity index (χ3n) is 2.89. The molecular formula is C14H19N5O2. The zero-order valence-corrected chi connectivity index (χ0v) is 12.5. The van der Waals surface area contributed by atoms with Gasteiger partial charge in [-0.2, -0.15) is 4.98 Å². The Labute approximate surface area is 123 Å². The lowest BCUT2D eigenvalue weighted by atomic mass is 10.3. The lowest BCUT2D eigenvalue weighted by molar-refractivity contribution is 0.325. The number of nitrogens with zero attached hydrogens (tertiary/aromatic N) is 4. The fourth-order valence-corrected chi connectivity index (χ4v) is 1.87. The van der Waals surface area contributed by atoms with Crippen LogP contribution in [0.15, 0.2) is 23.1 Å². The van der Waals surface area contributed by atoms with Gasteiger partial charge in [0.15, 0.2) is 0 Å². The number of hydrogen-bond acceptors (Lipinski definition) is 6. The van der Waals surface area contributed by atoms with E-state index >= 15 is 0 Å². The maximum atomic E-state index is 11.2. The summed E-state index contributed by atoms with van der Waals surface area (Å²) in [5.41, 5.74) is -0.140. The van der Waals surface area contributed by atoms with Gasteiger partial charge in [0.25, 0.3) is 5.56 Å². The van der Waals surface area contributed by atoms with Crippen LogP contribution in [0.2, 0.25) is 0 Å². The van der Waals surface area contributed by atoms with Crippen LogP contribution in [0.3, 0.4) is 0 Å². The number of likely N-dealkylation sites (N-methyl/N-ethyl adjacent to an activating group) is 1. The number of aromatic amines is 1. The zero-order chi connectivity index (χ0) is 15.2. The molecule has 7 heteroatoms. The van der Waals surface area contributed by atoms with Gasteiger partial charge >= 0.3 is 0 Å². The Kier molecular flexibility index (Phi) is 4.86. The molecule has 112 valence electrons. The molecule has 0 fully saturated rings. The maximum absolute atomic E-state index is 11.2. The Balaban J connectivity index is 2.06. The summed E-state index contributed by atoms with van der Waals surface area (Å²) in [7, 11) is 1.93. The molecule has 0 saturated carbocycles. The molecule has 2 heterocycles. The molecular weight excluding hydrogens is 270 g/mol. The van der Waals surface area contributed by atoms with Crippen molar-refractivity contribution >= 4 is 5.82 Å². The highest BCUT2D eigenvalue weighted by Crippen LogP contribution is 2.16. The van der Waals surface area contributed by atoms with Gasteiger partial charge in [0.2, 0.25) is 5.88 Å². The second kappa shape index (κ2) is 6.83. The van der Waals surface area contributed by atoms with E-state index < -0.39 is 0 Å². The molecule has 0 aromatic carbocycles. The monoisotopic (exact) mass is 289 g/mol. The number of rotatable bonds is 6. The van der Waals surface area contributed by atoms with Gasteiger partial charge in [-0.3, -0.25) is 4.79 Å². The predicted octanol–water partition coefficient (Wildman–Crippen LogP) is 0.946. The van der Waals surface area contributed by atoms with Gasteiger partial charge in [-0.05, 0) is 13.8 Å². The minimum atomic E-state index is -0.140. The van der Waals surface area contributed by atoms with Crippen LogP contribution in [0, 0.1) is 6.92 Å². The number of hydrogen-bond donors (Lipinski definition) is 1. The molecule has 0 aliphatic carbocycles. The molecule has 0 atom stereocenters. The van der Waals surface area contributed by atoms with E-state index in [9.17, 15) is 4.79 Å². The minimum absolute atomic E-state index is 0.140. The van der Waals surface area contributed by atoms with E-state index in [2.05, 4.69) is 19.9 Å². The van der Waals surface area contributed by atoms with Crippen molar-refractivity contribution in [3.05, 3.63) is 40.3 Å². The van der Waals surface area contributed by atoms with Crippen LogP contribution in [0.4, 0.5) is 5.82 Å². The molecule has 0 aliphatic rings. The van der Waals surface area contributed by atoms with Gasteiger partial charge in [-0.15, -0.1) is 0 Å². The topological polar surface area (TPSA) is 84.0 Å². The lowest BCUT2D eigenvalue weighted by Crippen LogP contribution is -2.23. The molecule has 0 aliphatic heterocycles. The highest BCUT2D eigenvalue weighted by molar-refractivity contribution is 5.40. The Morgan fingerprint density at radius 2 is 2.19 bits per heavy atom. The van der Waals surface area contributed by atoms with Gasteiger partial charge in [0.05, 0.1) is 6.61 Å². The predicted molar refractivity (Wildman–Crippen MR) is 79.8 cm³/mol. The molecule has 0 unspecified atom stereocenters. The summed E-state index contributed by atoms with van der Waals surface area (Å²) in [5, 5.41) is 0. The first kappa shape index (κ1) is 15.0. The van der Waals surface area contributed by atoms with Gasteiger partial charge < -0.3 is 14.6 Å². The van der Waals surface area contributed by atoms with Crippen LogP contribution >= 0.6 is 0 Å². The van der Waals surface area contributed by atoms with Crippen LogP contribution in [-0.2, 0) is 6.42 Å². The average molecular weight is 289 g/mol. The standard InChI is InChI=1S/C14H19N5O2/c1-4-21-14-9-12(16-10(2)17-14)19(3)8-6-11-15-7-5-13(20)18-11/h5,7,9H,4,6,8H2,1-3H3,(H,15,18,20). The van der Waals surface area contributed by atoms with E-state index in [4.69, 9.17) is 4.74 Å². The van der Waals surface area contributed by atoms with Crippen molar-refractivity contribution in [2.24, 2.45) is 0 Å². The van der Waals surface area contributed by atoms with E-state index in [0.29, 0.717) is 37.1 Å². The minimum Gasteiger partial charge on any atom is -0.478 e. The van der Waals surface area contributed by atoms with E-state index in [1.807, 2.05) is 25.8 Å². The fourth-order valence-electron chi connectivity index (χ4n) is 1.87. The fraction of sp³-hybridized carbons (Fsp3) is 0.429. The first-order valence-electron chi connectivity index (χ1n) is 6.82. The SMILES string of the molecule is CCOc1cc(N(C)CCc2nccc(=O)[nH]2)nc(C)n1. The van der Waals surface area contributed by atoms with Crippen LogP contribution < -0.4 is 15.2 Å². The van der Waals surface area contributed by atoms with Crippen LogP contribution in [0.25, 0.3) is 0 Å². The molecule has 7 nitrogen and oxygen atoms in total. The number of aryl methyl sites for hydroxylation is 1. The number of anilines is 1. The third kappa shape index (κ3) is 4.27. The van der Waals surface area contributed by atoms with E-state index in [1.165, 1.54) is 12.3 Å². The van der Waals surface area contributed by atoms with Gasteiger partial charge in [0, 0.05) is 38.3 Å². The smallest absolute Gasteiger partial charge is 0.250 e. The second-order valence-corrected chi connectivity index (χ2v) is 4.60. The van der Waals surface area contributed by atoms with Crippen molar-refractivity contribution in [1.82, 2.24) is 19.9 Å². The summed E-state index contributed by atoms with van der Waals surface area (Å²) in [4.78, 5) is 28.6. The van der Waals surface area contributed by atoms with Crippen molar-refractivity contribution in [2.45, 2.75) is 20.3 Å². The largest absolute Gasteiger partial charge is 0.478 e. The van der Waals surface area contributed by atoms with E-state index in [-0.39, 0.29) is 5.56 Å². The van der Waals surface area contributed by atoms with Crippen molar-refractivity contribution in [1.29, 1.82) is 0 Å². The molecule has 1 N–H and O–H groups in total. The Hall–Kier alpha value is -2.44. The third-order valence-corrected chi connectivity index (χ3v) is 2.89. The Morgan fingerprint density at radius 3 is 2.90 bits per heavy atom. The molecule has 21 heavy (non-hydrogen) atoms. The molecule has 2 aromatic heterocycles. The van der Waals surface area contributed by atoms with Gasteiger partial charge in [-0.25, -0.2) is 9.97 Å². The highest BCUT2D eigenvalue weighted by atomic mass is 16.5. The summed E-state index contributed by atoms with van der Waals surface area (Å²) in [6.45, 7) is 4.98. The normalized spacial score (nSPS) is 10.4. The molecule has 0 amide bonds. The van der Waals surface area contributed by atoms with Crippen molar-refractivity contribution in [2.75, 3.05) is 25.1 Å². The van der Waals surface area contributed by atoms with Crippen molar-refractivity contribution in [3.8, 4) is 5.88 Å². The molecule has 2 rings (SSSR count). The summed E-state index contributed by atoms with van der Waals surface area (Å²) in [6, 6.07) is 3.20. The van der Waals surface area contributed by atoms with Crippen LogP contribution in [0.5, 0.6) is 5.88 Å². The first-order chi connectivity index (χ1) is 10.1. The number of aromatic nitrogens is 4. The number of ether oxygens (including phenoxy) is 1. The van der Waals surface area contributed by atoms with E-state index in [0.717, 1.165) is 5.82 Å². The Morgan fingerprint density at radius 1 is 1.38 bits per heavy atom. The van der Waals surface area contributed by atoms with Crippen LogP contribution in [-0.4, -0.2) is 40.1 Å². The summed E-state index contributed by atoms with van der Waals surface area (Å²) in [5.74, 6) is 2.67. The molecule has 0 radical (unpaired) electrons. The Bertz CT molecular complexity index is 656.